The molecular formula is C13H16ClNO2. The second kappa shape index (κ2) is 4.07. The number of rotatable bonds is 1. The van der Waals surface area contributed by atoms with E-state index in [2.05, 4.69) is 12.2 Å². The molecule has 0 saturated carbocycles. The van der Waals surface area contributed by atoms with E-state index in [9.17, 15) is 0 Å². The number of fused-ring (bicyclic) bond motifs is 1. The van der Waals surface area contributed by atoms with Gasteiger partial charge in [0, 0.05) is 16.6 Å². The van der Waals surface area contributed by atoms with Crippen molar-refractivity contribution < 1.29 is 9.47 Å². The molecule has 92 valence electrons. The van der Waals surface area contributed by atoms with Crippen LogP contribution in [-0.2, 0) is 5.54 Å². The van der Waals surface area contributed by atoms with Crippen molar-refractivity contribution in [2.45, 2.75) is 25.3 Å². The van der Waals surface area contributed by atoms with Crippen LogP contribution in [0.5, 0.6) is 11.5 Å². The monoisotopic (exact) mass is 253 g/mol. The van der Waals surface area contributed by atoms with Crippen LogP contribution in [0.25, 0.3) is 0 Å². The zero-order chi connectivity index (χ0) is 11.9. The predicted molar refractivity (Wildman–Crippen MR) is 67.0 cm³/mol. The van der Waals surface area contributed by atoms with Crippen LogP contribution in [0.3, 0.4) is 0 Å². The largest absolute Gasteiger partial charge is 0.486 e. The van der Waals surface area contributed by atoms with E-state index in [-0.39, 0.29) is 5.54 Å². The molecule has 0 aliphatic carbocycles. The summed E-state index contributed by atoms with van der Waals surface area (Å²) in [5.74, 6) is 1.57. The summed E-state index contributed by atoms with van der Waals surface area (Å²) in [5.41, 5.74) is 1.08. The van der Waals surface area contributed by atoms with Crippen molar-refractivity contribution in [3.8, 4) is 11.5 Å². The fourth-order valence-corrected chi connectivity index (χ4v) is 2.97. The molecule has 0 spiro atoms. The molecule has 2 aliphatic rings. The smallest absolute Gasteiger partial charge is 0.162 e. The van der Waals surface area contributed by atoms with Crippen LogP contribution >= 0.6 is 11.6 Å². The first-order valence-electron chi connectivity index (χ1n) is 6.04. The van der Waals surface area contributed by atoms with Crippen molar-refractivity contribution in [1.82, 2.24) is 5.32 Å². The third-order valence-electron chi connectivity index (χ3n) is 3.60. The van der Waals surface area contributed by atoms with E-state index in [0.29, 0.717) is 13.2 Å². The highest BCUT2D eigenvalue weighted by Crippen LogP contribution is 2.42. The Bertz CT molecular complexity index is 441. The van der Waals surface area contributed by atoms with Gasteiger partial charge in [0.2, 0.25) is 0 Å². The third kappa shape index (κ3) is 1.87. The second-order valence-electron chi connectivity index (χ2n) is 4.84. The van der Waals surface area contributed by atoms with Gasteiger partial charge in [-0.25, -0.2) is 0 Å². The molecule has 3 rings (SSSR count). The fourth-order valence-electron chi connectivity index (χ4n) is 2.61. The number of hydrogen-bond donors (Lipinski definition) is 1. The topological polar surface area (TPSA) is 30.5 Å². The highest BCUT2D eigenvalue weighted by Gasteiger charge is 2.33. The van der Waals surface area contributed by atoms with Gasteiger partial charge in [-0.05, 0) is 37.9 Å². The molecule has 4 heteroatoms. The molecule has 1 atom stereocenters. The van der Waals surface area contributed by atoms with Crippen LogP contribution in [0.1, 0.15) is 25.3 Å². The van der Waals surface area contributed by atoms with E-state index >= 15 is 0 Å². The quantitative estimate of drug-likeness (QED) is 0.835. The SMILES string of the molecule is CC1(c2cc3c(cc2Cl)OCCO3)CCCN1. The number of ether oxygens (including phenoxy) is 2. The summed E-state index contributed by atoms with van der Waals surface area (Å²) in [6, 6.07) is 3.89. The number of hydrogen-bond acceptors (Lipinski definition) is 3. The minimum Gasteiger partial charge on any atom is -0.486 e. The first-order valence-corrected chi connectivity index (χ1v) is 6.41. The summed E-state index contributed by atoms with van der Waals surface area (Å²) in [5, 5.41) is 4.27. The standard InChI is InChI=1S/C13H16ClNO2/c1-13(3-2-4-15-13)9-7-11-12(8-10(9)14)17-6-5-16-11/h7-8,15H,2-6H2,1H3. The van der Waals surface area contributed by atoms with E-state index in [1.54, 1.807) is 0 Å². The minimum atomic E-state index is -0.0348. The minimum absolute atomic E-state index is 0.0348. The van der Waals surface area contributed by atoms with Gasteiger partial charge >= 0.3 is 0 Å². The lowest BCUT2D eigenvalue weighted by atomic mass is 9.90. The van der Waals surface area contributed by atoms with Crippen molar-refractivity contribution in [2.75, 3.05) is 19.8 Å². The van der Waals surface area contributed by atoms with E-state index in [4.69, 9.17) is 21.1 Å². The average molecular weight is 254 g/mol. The predicted octanol–water partition coefficient (Wildman–Crippen LogP) is 2.71. The van der Waals surface area contributed by atoms with Gasteiger partial charge in [-0.2, -0.15) is 0 Å². The molecule has 2 heterocycles. The van der Waals surface area contributed by atoms with Crippen LogP contribution in [-0.4, -0.2) is 19.8 Å². The normalized spacial score (nSPS) is 27.2. The Morgan fingerprint density at radius 1 is 1.24 bits per heavy atom. The number of benzene rings is 1. The number of nitrogens with one attached hydrogen (secondary N) is 1. The van der Waals surface area contributed by atoms with Crippen molar-refractivity contribution in [3.63, 3.8) is 0 Å². The van der Waals surface area contributed by atoms with E-state index in [1.165, 1.54) is 6.42 Å². The fraction of sp³-hybridized carbons (Fsp3) is 0.538. The Kier molecular flexibility index (Phi) is 2.68. The maximum Gasteiger partial charge on any atom is 0.162 e. The molecule has 1 unspecified atom stereocenters. The van der Waals surface area contributed by atoms with Crippen LogP contribution in [0.4, 0.5) is 0 Å². The Balaban J connectivity index is 2.04. The zero-order valence-corrected chi connectivity index (χ0v) is 10.6. The molecule has 0 radical (unpaired) electrons. The molecule has 1 aromatic carbocycles. The molecule has 2 aliphatic heterocycles. The van der Waals surface area contributed by atoms with Crippen LogP contribution in [0.15, 0.2) is 12.1 Å². The second-order valence-corrected chi connectivity index (χ2v) is 5.25. The lowest BCUT2D eigenvalue weighted by Crippen LogP contribution is -2.33. The van der Waals surface area contributed by atoms with Crippen molar-refractivity contribution >= 4 is 11.6 Å². The van der Waals surface area contributed by atoms with Gasteiger partial charge in [0.1, 0.15) is 13.2 Å². The van der Waals surface area contributed by atoms with E-state index in [1.807, 2.05) is 12.1 Å². The van der Waals surface area contributed by atoms with Crippen molar-refractivity contribution in [2.24, 2.45) is 0 Å². The molecule has 0 bridgehead atoms. The first-order chi connectivity index (χ1) is 8.19. The van der Waals surface area contributed by atoms with Crippen molar-refractivity contribution in [1.29, 1.82) is 0 Å². The maximum atomic E-state index is 6.36. The van der Waals surface area contributed by atoms with Gasteiger partial charge in [0.05, 0.1) is 0 Å². The molecule has 1 fully saturated rings. The third-order valence-corrected chi connectivity index (χ3v) is 3.91. The summed E-state index contributed by atoms with van der Waals surface area (Å²) in [6.07, 6.45) is 2.29. The van der Waals surface area contributed by atoms with Crippen LogP contribution < -0.4 is 14.8 Å². The molecule has 0 amide bonds. The van der Waals surface area contributed by atoms with Crippen LogP contribution in [0.2, 0.25) is 5.02 Å². The highest BCUT2D eigenvalue weighted by atomic mass is 35.5. The number of halogens is 1. The van der Waals surface area contributed by atoms with E-state index < -0.39 is 0 Å². The average Bonchev–Trinajstić information content (AvgIpc) is 2.76. The van der Waals surface area contributed by atoms with Gasteiger partial charge in [-0.3, -0.25) is 0 Å². The summed E-state index contributed by atoms with van der Waals surface area (Å²) in [6.45, 7) is 4.44. The van der Waals surface area contributed by atoms with E-state index in [0.717, 1.165) is 35.1 Å². The summed E-state index contributed by atoms with van der Waals surface area (Å²) < 4.78 is 11.1. The molecular weight excluding hydrogens is 238 g/mol. The Labute approximate surface area is 106 Å². The van der Waals surface area contributed by atoms with Crippen molar-refractivity contribution in [3.05, 3.63) is 22.7 Å². The van der Waals surface area contributed by atoms with Gasteiger partial charge in [-0.15, -0.1) is 0 Å². The maximum absolute atomic E-state index is 6.36. The lowest BCUT2D eigenvalue weighted by molar-refractivity contribution is 0.171. The van der Waals surface area contributed by atoms with Crippen LogP contribution in [0, 0.1) is 0 Å². The first kappa shape index (κ1) is 11.2. The van der Waals surface area contributed by atoms with Gasteiger partial charge in [0.15, 0.2) is 11.5 Å². The Hall–Kier alpha value is -0.930. The molecule has 0 aromatic heterocycles. The highest BCUT2D eigenvalue weighted by molar-refractivity contribution is 6.31. The molecule has 1 aromatic rings. The van der Waals surface area contributed by atoms with Gasteiger partial charge in [-0.1, -0.05) is 11.6 Å². The summed E-state index contributed by atoms with van der Waals surface area (Å²) in [4.78, 5) is 0. The summed E-state index contributed by atoms with van der Waals surface area (Å²) >= 11 is 6.36. The molecule has 1 saturated heterocycles. The molecule has 3 nitrogen and oxygen atoms in total. The Morgan fingerprint density at radius 2 is 1.94 bits per heavy atom. The molecule has 17 heavy (non-hydrogen) atoms. The zero-order valence-electron chi connectivity index (χ0n) is 9.88. The Morgan fingerprint density at radius 3 is 2.59 bits per heavy atom. The van der Waals surface area contributed by atoms with Gasteiger partial charge in [0.25, 0.3) is 0 Å². The van der Waals surface area contributed by atoms with Gasteiger partial charge < -0.3 is 14.8 Å². The molecule has 1 N–H and O–H groups in total. The summed E-state index contributed by atoms with van der Waals surface area (Å²) in [7, 11) is 0. The lowest BCUT2D eigenvalue weighted by Gasteiger charge is -2.28.